The van der Waals surface area contributed by atoms with Crippen LogP contribution in [0.15, 0.2) is 36.5 Å². The molecule has 1 aromatic heterocycles. The zero-order valence-corrected chi connectivity index (χ0v) is 11.5. The summed E-state index contributed by atoms with van der Waals surface area (Å²) in [4.78, 5) is 4.29. The monoisotopic (exact) mass is 294 g/mol. The van der Waals surface area contributed by atoms with Gasteiger partial charge in [0.15, 0.2) is 0 Å². The van der Waals surface area contributed by atoms with E-state index in [4.69, 9.17) is 5.73 Å². The minimum Gasteiger partial charge on any atom is -0.321 e. The Kier molecular flexibility index (Phi) is 3.40. The molecule has 1 saturated carbocycles. The number of rotatable bonds is 1. The normalized spacial score (nSPS) is 27.0. The summed E-state index contributed by atoms with van der Waals surface area (Å²) in [6.45, 7) is 0. The smallest absolute Gasteiger partial charge is 0.321 e. The highest BCUT2D eigenvalue weighted by Crippen LogP contribution is 2.44. The number of fused-ring (bicyclic) bond motifs is 1. The summed E-state index contributed by atoms with van der Waals surface area (Å²) in [6, 6.07) is 9.56. The summed E-state index contributed by atoms with van der Waals surface area (Å²) < 4.78 is 38.3. The molecule has 1 fully saturated rings. The first kappa shape index (κ1) is 14.3. The number of hydrogen-bond donors (Lipinski definition) is 1. The lowest BCUT2D eigenvalue weighted by Crippen LogP contribution is -2.43. The van der Waals surface area contributed by atoms with Gasteiger partial charge in [-0.1, -0.05) is 18.2 Å². The third kappa shape index (κ3) is 2.75. The van der Waals surface area contributed by atoms with Crippen molar-refractivity contribution < 1.29 is 13.2 Å². The molecule has 112 valence electrons. The number of alkyl halides is 3. The van der Waals surface area contributed by atoms with Crippen LogP contribution in [-0.2, 0) is 5.54 Å². The Morgan fingerprint density at radius 2 is 1.86 bits per heavy atom. The quantitative estimate of drug-likeness (QED) is 0.858. The predicted octanol–water partition coefficient (Wildman–Crippen LogP) is 4.14. The molecule has 0 amide bonds. The molecule has 0 saturated heterocycles. The molecule has 2 aromatic rings. The molecule has 1 aliphatic rings. The number of nitrogens with two attached hydrogens (primary N) is 1. The van der Waals surface area contributed by atoms with E-state index in [2.05, 4.69) is 4.98 Å². The Labute approximate surface area is 121 Å². The van der Waals surface area contributed by atoms with Crippen LogP contribution in [0.4, 0.5) is 13.2 Å². The molecule has 2 nitrogen and oxygen atoms in total. The van der Waals surface area contributed by atoms with E-state index < -0.39 is 17.6 Å². The summed E-state index contributed by atoms with van der Waals surface area (Å²) in [5, 5.41) is 1.01. The number of benzene rings is 1. The molecule has 0 unspecified atom stereocenters. The first-order valence-corrected chi connectivity index (χ1v) is 7.09. The highest BCUT2D eigenvalue weighted by Gasteiger charge is 2.45. The Balaban J connectivity index is 1.85. The lowest BCUT2D eigenvalue weighted by Gasteiger charge is -2.38. The van der Waals surface area contributed by atoms with E-state index in [9.17, 15) is 13.2 Å². The Hall–Kier alpha value is -1.62. The van der Waals surface area contributed by atoms with Crippen LogP contribution in [0, 0.1) is 5.92 Å². The average Bonchev–Trinajstić information content (AvgIpc) is 2.46. The van der Waals surface area contributed by atoms with E-state index in [0.717, 1.165) is 16.5 Å². The zero-order chi connectivity index (χ0) is 15.1. The summed E-state index contributed by atoms with van der Waals surface area (Å²) >= 11 is 0. The van der Waals surface area contributed by atoms with Gasteiger partial charge in [-0.3, -0.25) is 4.98 Å². The lowest BCUT2D eigenvalue weighted by atomic mass is 9.73. The summed E-state index contributed by atoms with van der Waals surface area (Å²) in [5.74, 6) is -1.22. The van der Waals surface area contributed by atoms with Gasteiger partial charge in [-0.05, 0) is 43.4 Å². The number of hydrogen-bond acceptors (Lipinski definition) is 2. The molecule has 21 heavy (non-hydrogen) atoms. The molecule has 3 rings (SSSR count). The Morgan fingerprint density at radius 1 is 1.14 bits per heavy atom. The minimum absolute atomic E-state index is 0.0975. The fourth-order valence-electron chi connectivity index (χ4n) is 3.13. The van der Waals surface area contributed by atoms with Crippen LogP contribution in [0.1, 0.15) is 31.2 Å². The fraction of sp³-hybridized carbons (Fsp3) is 0.438. The van der Waals surface area contributed by atoms with Gasteiger partial charge < -0.3 is 5.73 Å². The second-order valence-electron chi connectivity index (χ2n) is 5.88. The number of pyridine rings is 1. The topological polar surface area (TPSA) is 38.9 Å². The van der Waals surface area contributed by atoms with E-state index in [-0.39, 0.29) is 12.8 Å². The van der Waals surface area contributed by atoms with Crippen molar-refractivity contribution in [1.82, 2.24) is 4.98 Å². The fourth-order valence-corrected chi connectivity index (χ4v) is 3.13. The van der Waals surface area contributed by atoms with E-state index in [1.807, 2.05) is 30.3 Å². The summed E-state index contributed by atoms with van der Waals surface area (Å²) in [6.07, 6.45) is -1.49. The van der Waals surface area contributed by atoms with Crippen LogP contribution in [-0.4, -0.2) is 11.2 Å². The molecule has 5 heteroatoms. The molecule has 0 aliphatic heterocycles. The molecule has 0 spiro atoms. The van der Waals surface area contributed by atoms with Crippen molar-refractivity contribution in [2.45, 2.75) is 37.4 Å². The van der Waals surface area contributed by atoms with Crippen LogP contribution < -0.4 is 5.73 Å². The first-order chi connectivity index (χ1) is 9.88. The van der Waals surface area contributed by atoms with E-state index >= 15 is 0 Å². The largest absolute Gasteiger partial charge is 0.391 e. The highest BCUT2D eigenvalue weighted by atomic mass is 19.4. The number of aromatic nitrogens is 1. The van der Waals surface area contributed by atoms with E-state index in [1.165, 1.54) is 0 Å². The van der Waals surface area contributed by atoms with Gasteiger partial charge in [0.1, 0.15) is 0 Å². The van der Waals surface area contributed by atoms with Gasteiger partial charge in [-0.25, -0.2) is 0 Å². The molecule has 2 N–H and O–H groups in total. The molecule has 0 bridgehead atoms. The molecule has 1 aliphatic carbocycles. The zero-order valence-electron chi connectivity index (χ0n) is 11.5. The van der Waals surface area contributed by atoms with Gasteiger partial charge in [0.05, 0.1) is 11.4 Å². The van der Waals surface area contributed by atoms with Crippen LogP contribution >= 0.6 is 0 Å². The first-order valence-electron chi connectivity index (χ1n) is 7.09. The maximum atomic E-state index is 12.8. The molecule has 1 heterocycles. The van der Waals surface area contributed by atoms with Crippen LogP contribution in [0.25, 0.3) is 10.9 Å². The van der Waals surface area contributed by atoms with Crippen LogP contribution in [0.3, 0.4) is 0 Å². The van der Waals surface area contributed by atoms with Crippen molar-refractivity contribution in [3.05, 3.63) is 42.1 Å². The third-order valence-electron chi connectivity index (χ3n) is 4.52. The second kappa shape index (κ2) is 4.98. The van der Waals surface area contributed by atoms with Gasteiger partial charge in [-0.15, -0.1) is 0 Å². The minimum atomic E-state index is -4.10. The number of halogens is 3. The van der Waals surface area contributed by atoms with Crippen molar-refractivity contribution >= 4 is 10.9 Å². The van der Waals surface area contributed by atoms with Gasteiger partial charge >= 0.3 is 6.18 Å². The average molecular weight is 294 g/mol. The van der Waals surface area contributed by atoms with Crippen LogP contribution in [0.5, 0.6) is 0 Å². The summed E-state index contributed by atoms with van der Waals surface area (Å²) in [5.41, 5.74) is 7.42. The van der Waals surface area contributed by atoms with Gasteiger partial charge in [-0.2, -0.15) is 13.2 Å². The second-order valence-corrected chi connectivity index (χ2v) is 5.88. The van der Waals surface area contributed by atoms with Crippen LogP contribution in [0.2, 0.25) is 0 Å². The van der Waals surface area contributed by atoms with Gasteiger partial charge in [0, 0.05) is 17.1 Å². The third-order valence-corrected chi connectivity index (χ3v) is 4.52. The van der Waals surface area contributed by atoms with E-state index in [0.29, 0.717) is 12.8 Å². The maximum Gasteiger partial charge on any atom is 0.391 e. The van der Waals surface area contributed by atoms with Crippen molar-refractivity contribution in [2.24, 2.45) is 11.7 Å². The maximum absolute atomic E-state index is 12.8. The van der Waals surface area contributed by atoms with Gasteiger partial charge in [0.2, 0.25) is 0 Å². The highest BCUT2D eigenvalue weighted by molar-refractivity contribution is 5.79. The molecule has 0 radical (unpaired) electrons. The van der Waals surface area contributed by atoms with Crippen molar-refractivity contribution in [3.8, 4) is 0 Å². The SMILES string of the molecule is NC1(c2ccc3cccnc3c2)CCC(C(F)(F)F)CC1. The van der Waals surface area contributed by atoms with E-state index in [1.54, 1.807) is 6.20 Å². The summed E-state index contributed by atoms with van der Waals surface area (Å²) in [7, 11) is 0. The van der Waals surface area contributed by atoms with Gasteiger partial charge in [0.25, 0.3) is 0 Å². The van der Waals surface area contributed by atoms with Crippen molar-refractivity contribution in [2.75, 3.05) is 0 Å². The van der Waals surface area contributed by atoms with Crippen molar-refractivity contribution in [3.63, 3.8) is 0 Å². The molecular weight excluding hydrogens is 277 g/mol. The Bertz CT molecular complexity index is 643. The lowest BCUT2D eigenvalue weighted by molar-refractivity contribution is -0.184. The van der Waals surface area contributed by atoms with Crippen molar-refractivity contribution in [1.29, 1.82) is 0 Å². The molecule has 1 aromatic carbocycles. The Morgan fingerprint density at radius 3 is 2.52 bits per heavy atom. The predicted molar refractivity (Wildman–Crippen MR) is 75.6 cm³/mol. The number of nitrogens with zero attached hydrogens (tertiary/aromatic N) is 1. The standard InChI is InChI=1S/C16H17F3N2/c17-16(18,19)12-5-7-15(20,8-6-12)13-4-3-11-2-1-9-21-14(11)10-13/h1-4,9-10,12H,5-8,20H2. The molecule has 0 atom stereocenters. The molecular formula is C16H17F3N2.